The number of anilines is 1. The van der Waals surface area contributed by atoms with Gasteiger partial charge in [-0.3, -0.25) is 4.79 Å². The van der Waals surface area contributed by atoms with Crippen LogP contribution >= 0.6 is 0 Å². The first-order valence-electron chi connectivity index (χ1n) is 9.84. The van der Waals surface area contributed by atoms with Gasteiger partial charge >= 0.3 is 0 Å². The molecule has 0 radical (unpaired) electrons. The molecular weight excluding hydrogens is 310 g/mol. The van der Waals surface area contributed by atoms with Gasteiger partial charge in [0.25, 0.3) is 5.91 Å². The summed E-state index contributed by atoms with van der Waals surface area (Å²) in [7, 11) is 6.27. The van der Waals surface area contributed by atoms with E-state index in [1.54, 1.807) is 0 Å². The van der Waals surface area contributed by atoms with Gasteiger partial charge < -0.3 is 15.1 Å². The first kappa shape index (κ1) is 19.8. The van der Waals surface area contributed by atoms with Gasteiger partial charge in [0, 0.05) is 37.9 Å². The highest BCUT2D eigenvalue weighted by Gasteiger charge is 2.17. The predicted molar refractivity (Wildman–Crippen MR) is 106 cm³/mol. The summed E-state index contributed by atoms with van der Waals surface area (Å²) >= 11 is 0. The van der Waals surface area contributed by atoms with Crippen LogP contribution in [0.1, 0.15) is 61.7 Å². The zero-order valence-corrected chi connectivity index (χ0v) is 16.3. The van der Waals surface area contributed by atoms with E-state index in [1.807, 2.05) is 43.3 Å². The second-order valence-electron chi connectivity index (χ2n) is 7.53. The van der Waals surface area contributed by atoms with Gasteiger partial charge in [-0.25, -0.2) is 0 Å². The maximum Gasteiger partial charge on any atom is 0.251 e. The number of amides is 1. The fraction of sp³-hybridized carbons (Fsp3) is 0.667. The zero-order valence-electron chi connectivity index (χ0n) is 16.3. The van der Waals surface area contributed by atoms with Gasteiger partial charge in [-0.05, 0) is 63.5 Å². The number of nitrogens with zero attached hydrogens (tertiary/aromatic N) is 2. The molecule has 2 rings (SSSR count). The van der Waals surface area contributed by atoms with Gasteiger partial charge in [-0.15, -0.1) is 0 Å². The van der Waals surface area contributed by atoms with Crippen LogP contribution in [0.2, 0.25) is 0 Å². The molecule has 0 unspecified atom stereocenters. The van der Waals surface area contributed by atoms with Gasteiger partial charge in [0.15, 0.2) is 0 Å². The lowest BCUT2D eigenvalue weighted by Gasteiger charge is -2.31. The highest BCUT2D eigenvalue weighted by molar-refractivity contribution is 5.94. The van der Waals surface area contributed by atoms with E-state index in [9.17, 15) is 4.79 Å². The Kier molecular flexibility index (Phi) is 8.26. The molecule has 140 valence electrons. The van der Waals surface area contributed by atoms with Crippen molar-refractivity contribution >= 4 is 11.6 Å². The highest BCUT2D eigenvalue weighted by atomic mass is 16.1. The van der Waals surface area contributed by atoms with E-state index >= 15 is 0 Å². The Labute approximate surface area is 153 Å². The number of benzene rings is 1. The van der Waals surface area contributed by atoms with E-state index < -0.39 is 0 Å². The normalized spacial score (nSPS) is 15.4. The molecule has 4 heteroatoms. The molecule has 1 fully saturated rings. The minimum absolute atomic E-state index is 0.0321. The predicted octanol–water partition coefficient (Wildman–Crippen LogP) is 3.92. The lowest BCUT2D eigenvalue weighted by Crippen LogP contribution is -2.34. The van der Waals surface area contributed by atoms with Crippen molar-refractivity contribution in [3.8, 4) is 0 Å². The summed E-state index contributed by atoms with van der Waals surface area (Å²) in [5.74, 6) is 0.0321. The molecule has 0 saturated heterocycles. The van der Waals surface area contributed by atoms with Crippen molar-refractivity contribution in [1.82, 2.24) is 10.2 Å². The number of hydrogen-bond acceptors (Lipinski definition) is 3. The number of carbonyl (C=O) groups excluding carboxylic acids is 1. The van der Waals surface area contributed by atoms with E-state index in [0.717, 1.165) is 30.3 Å². The Hall–Kier alpha value is -1.55. The molecule has 4 nitrogen and oxygen atoms in total. The standard InChI is InChI=1S/C21H35N3O/c1-23(2)19-14-12-18(13-15-19)21(25)22-16-8-5-9-17-24(3)20-10-6-4-7-11-20/h12-15,20H,4-11,16-17H2,1-3H3,(H,22,25). The first-order chi connectivity index (χ1) is 12.1. The second-order valence-corrected chi connectivity index (χ2v) is 7.53. The fourth-order valence-corrected chi connectivity index (χ4v) is 3.58. The summed E-state index contributed by atoms with van der Waals surface area (Å²) in [5, 5.41) is 3.03. The average Bonchev–Trinajstić information content (AvgIpc) is 2.65. The van der Waals surface area contributed by atoms with Crippen molar-refractivity contribution < 1.29 is 4.79 Å². The Morgan fingerprint density at radius 3 is 2.32 bits per heavy atom. The summed E-state index contributed by atoms with van der Waals surface area (Å²) in [6, 6.07) is 8.55. The first-order valence-corrected chi connectivity index (χ1v) is 9.84. The molecule has 1 saturated carbocycles. The minimum atomic E-state index is 0.0321. The third-order valence-electron chi connectivity index (χ3n) is 5.32. The summed E-state index contributed by atoms with van der Waals surface area (Å²) in [6.07, 6.45) is 10.4. The van der Waals surface area contributed by atoms with E-state index in [0.29, 0.717) is 0 Å². The Balaban J connectivity index is 1.57. The molecule has 25 heavy (non-hydrogen) atoms. The number of hydrogen-bond donors (Lipinski definition) is 1. The summed E-state index contributed by atoms with van der Waals surface area (Å²) in [5.41, 5.74) is 1.85. The van der Waals surface area contributed by atoms with Crippen LogP contribution in [0, 0.1) is 0 Å². The van der Waals surface area contributed by atoms with Gasteiger partial charge in [0.1, 0.15) is 0 Å². The Morgan fingerprint density at radius 1 is 1.00 bits per heavy atom. The fourth-order valence-electron chi connectivity index (χ4n) is 3.58. The maximum absolute atomic E-state index is 12.1. The van der Waals surface area contributed by atoms with Crippen molar-refractivity contribution in [2.24, 2.45) is 0 Å². The smallest absolute Gasteiger partial charge is 0.251 e. The monoisotopic (exact) mass is 345 g/mol. The number of carbonyl (C=O) groups is 1. The molecule has 1 aromatic carbocycles. The maximum atomic E-state index is 12.1. The molecule has 0 aliphatic heterocycles. The number of rotatable bonds is 9. The van der Waals surface area contributed by atoms with Crippen LogP contribution in [0.3, 0.4) is 0 Å². The molecule has 1 N–H and O–H groups in total. The highest BCUT2D eigenvalue weighted by Crippen LogP contribution is 2.21. The van der Waals surface area contributed by atoms with Crippen LogP contribution in [-0.2, 0) is 0 Å². The number of unbranched alkanes of at least 4 members (excludes halogenated alkanes) is 2. The molecule has 1 aromatic rings. The second kappa shape index (κ2) is 10.4. The molecular formula is C21H35N3O. The minimum Gasteiger partial charge on any atom is -0.378 e. The van der Waals surface area contributed by atoms with Crippen LogP contribution < -0.4 is 10.2 Å². The lowest BCUT2D eigenvalue weighted by atomic mass is 9.94. The van der Waals surface area contributed by atoms with Crippen LogP contribution in [0.4, 0.5) is 5.69 Å². The SMILES string of the molecule is CN(C)c1ccc(C(=O)NCCCCCN(C)C2CCCCC2)cc1. The summed E-state index contributed by atoms with van der Waals surface area (Å²) in [4.78, 5) is 16.7. The van der Waals surface area contributed by atoms with Gasteiger partial charge in [-0.2, -0.15) is 0 Å². The van der Waals surface area contributed by atoms with Crippen LogP contribution in [-0.4, -0.2) is 51.1 Å². The molecule has 0 aromatic heterocycles. The van der Waals surface area contributed by atoms with E-state index in [-0.39, 0.29) is 5.91 Å². The Bertz CT molecular complexity index is 506. The van der Waals surface area contributed by atoms with E-state index in [1.165, 1.54) is 51.5 Å². The topological polar surface area (TPSA) is 35.6 Å². The number of nitrogens with one attached hydrogen (secondary N) is 1. The lowest BCUT2D eigenvalue weighted by molar-refractivity contribution is 0.0952. The van der Waals surface area contributed by atoms with Crippen LogP contribution in [0.5, 0.6) is 0 Å². The Morgan fingerprint density at radius 2 is 1.68 bits per heavy atom. The third-order valence-corrected chi connectivity index (χ3v) is 5.32. The van der Waals surface area contributed by atoms with E-state index in [4.69, 9.17) is 0 Å². The zero-order chi connectivity index (χ0) is 18.1. The van der Waals surface area contributed by atoms with E-state index in [2.05, 4.69) is 17.3 Å². The molecule has 1 aliphatic carbocycles. The summed E-state index contributed by atoms with van der Waals surface area (Å²) < 4.78 is 0. The van der Waals surface area contributed by atoms with Crippen LogP contribution in [0.25, 0.3) is 0 Å². The molecule has 0 bridgehead atoms. The van der Waals surface area contributed by atoms with Crippen molar-refractivity contribution in [2.45, 2.75) is 57.4 Å². The van der Waals surface area contributed by atoms with Crippen molar-refractivity contribution in [3.63, 3.8) is 0 Å². The van der Waals surface area contributed by atoms with Gasteiger partial charge in [0.2, 0.25) is 0 Å². The summed E-state index contributed by atoms with van der Waals surface area (Å²) in [6.45, 7) is 1.95. The van der Waals surface area contributed by atoms with Crippen molar-refractivity contribution in [1.29, 1.82) is 0 Å². The molecule has 1 aliphatic rings. The third kappa shape index (κ3) is 6.69. The molecule has 0 atom stereocenters. The van der Waals surface area contributed by atoms with Crippen LogP contribution in [0.15, 0.2) is 24.3 Å². The quantitative estimate of drug-likeness (QED) is 0.689. The largest absolute Gasteiger partial charge is 0.378 e. The molecule has 0 spiro atoms. The molecule has 0 heterocycles. The van der Waals surface area contributed by atoms with Crippen molar-refractivity contribution in [3.05, 3.63) is 29.8 Å². The molecule has 1 amide bonds. The average molecular weight is 346 g/mol. The van der Waals surface area contributed by atoms with Gasteiger partial charge in [-0.1, -0.05) is 25.7 Å². The van der Waals surface area contributed by atoms with Gasteiger partial charge in [0.05, 0.1) is 0 Å². The van der Waals surface area contributed by atoms with Crippen molar-refractivity contribution in [2.75, 3.05) is 39.1 Å².